The fourth-order valence-electron chi connectivity index (χ4n) is 6.83. The van der Waals surface area contributed by atoms with E-state index in [0.29, 0.717) is 0 Å². The molecule has 4 rings (SSSR count). The Morgan fingerprint density at radius 2 is 0.824 bits per heavy atom. The van der Waals surface area contributed by atoms with Crippen LogP contribution in [0.2, 0.25) is 0 Å². The summed E-state index contributed by atoms with van der Waals surface area (Å²) in [4.78, 5) is 0. The van der Waals surface area contributed by atoms with E-state index < -0.39 is 0 Å². The van der Waals surface area contributed by atoms with Crippen LogP contribution in [-0.2, 0) is 0 Å². The van der Waals surface area contributed by atoms with Gasteiger partial charge < -0.3 is 0 Å². The fraction of sp³-hybridized carbons (Fsp3) is 0.647. The van der Waals surface area contributed by atoms with Gasteiger partial charge in [0.05, 0.1) is 0 Å². The molecule has 0 saturated heterocycles. The van der Waals surface area contributed by atoms with Crippen LogP contribution in [0.15, 0.2) is 48.5 Å². The van der Waals surface area contributed by atoms with E-state index in [1.54, 1.807) is 11.1 Å². The predicted molar refractivity (Wildman–Crippen MR) is 150 cm³/mol. The van der Waals surface area contributed by atoms with Crippen LogP contribution in [0, 0.1) is 11.8 Å². The minimum Gasteiger partial charge on any atom is -0.0654 e. The lowest BCUT2D eigenvalue weighted by molar-refractivity contribution is 0.303. The molecule has 2 aliphatic carbocycles. The smallest absolute Gasteiger partial charge is 0.0162 e. The minimum absolute atomic E-state index is 0.788. The maximum Gasteiger partial charge on any atom is -0.0162 e. The average molecular weight is 459 g/mol. The van der Waals surface area contributed by atoms with Gasteiger partial charge in [-0.15, -0.1) is 0 Å². The Morgan fingerprint density at radius 1 is 0.471 bits per heavy atom. The van der Waals surface area contributed by atoms with Gasteiger partial charge >= 0.3 is 0 Å². The van der Waals surface area contributed by atoms with Crippen LogP contribution in [0.5, 0.6) is 0 Å². The molecule has 34 heavy (non-hydrogen) atoms. The van der Waals surface area contributed by atoms with Crippen molar-refractivity contribution in [1.82, 2.24) is 0 Å². The van der Waals surface area contributed by atoms with Gasteiger partial charge in [-0.3, -0.25) is 0 Å². The molecule has 0 aromatic heterocycles. The molecular formula is C34H50. The Hall–Kier alpha value is -1.56. The van der Waals surface area contributed by atoms with E-state index in [9.17, 15) is 0 Å². The van der Waals surface area contributed by atoms with Crippen LogP contribution < -0.4 is 0 Å². The molecule has 2 aliphatic rings. The largest absolute Gasteiger partial charge is 0.0654 e. The first-order valence-corrected chi connectivity index (χ1v) is 15.0. The number of hydrogen-bond acceptors (Lipinski definition) is 0. The molecule has 0 amide bonds. The summed E-state index contributed by atoms with van der Waals surface area (Å²) in [5, 5.41) is 0. The second kappa shape index (κ2) is 13.5. The SMILES string of the molecule is CCCCCC1CCC(c2ccc(-c3ccc(C4CCC(CCCCC)CC4)cc3)cc2)CC1. The van der Waals surface area contributed by atoms with Crippen LogP contribution >= 0.6 is 0 Å². The molecule has 0 aliphatic heterocycles. The third-order valence-electron chi connectivity index (χ3n) is 9.22. The monoisotopic (exact) mass is 458 g/mol. The van der Waals surface area contributed by atoms with Crippen molar-refractivity contribution in [3.05, 3.63) is 59.7 Å². The molecule has 0 atom stereocenters. The Bertz CT molecular complexity index is 727. The molecule has 0 nitrogen and oxygen atoms in total. The van der Waals surface area contributed by atoms with E-state index in [0.717, 1.165) is 23.7 Å². The summed E-state index contributed by atoms with van der Waals surface area (Å²) < 4.78 is 0. The molecule has 0 radical (unpaired) electrons. The van der Waals surface area contributed by atoms with Crippen molar-refractivity contribution < 1.29 is 0 Å². The summed E-state index contributed by atoms with van der Waals surface area (Å²) >= 11 is 0. The number of benzene rings is 2. The summed E-state index contributed by atoms with van der Waals surface area (Å²) in [7, 11) is 0. The Labute approximate surface area is 211 Å². The minimum atomic E-state index is 0.788. The van der Waals surface area contributed by atoms with E-state index in [1.807, 2.05) is 0 Å². The molecule has 186 valence electrons. The van der Waals surface area contributed by atoms with Crippen molar-refractivity contribution in [2.45, 2.75) is 128 Å². The fourth-order valence-corrected chi connectivity index (χ4v) is 6.83. The molecule has 0 heteroatoms. The van der Waals surface area contributed by atoms with E-state index in [-0.39, 0.29) is 0 Å². The maximum atomic E-state index is 2.42. The number of rotatable bonds is 11. The van der Waals surface area contributed by atoms with Gasteiger partial charge in [0.25, 0.3) is 0 Å². The van der Waals surface area contributed by atoms with Crippen molar-refractivity contribution in [3.8, 4) is 11.1 Å². The van der Waals surface area contributed by atoms with E-state index in [2.05, 4.69) is 62.4 Å². The highest BCUT2D eigenvalue weighted by atomic mass is 14.3. The van der Waals surface area contributed by atoms with E-state index in [1.165, 1.54) is 114 Å². The molecule has 0 N–H and O–H groups in total. The van der Waals surface area contributed by atoms with Crippen molar-refractivity contribution in [2.75, 3.05) is 0 Å². The summed E-state index contributed by atoms with van der Waals surface area (Å²) in [6, 6.07) is 19.2. The first-order chi connectivity index (χ1) is 16.8. The van der Waals surface area contributed by atoms with Crippen LogP contribution in [0.1, 0.15) is 140 Å². The lowest BCUT2D eigenvalue weighted by atomic mass is 9.76. The van der Waals surface area contributed by atoms with Crippen LogP contribution in [0.25, 0.3) is 11.1 Å². The Balaban J connectivity index is 1.25. The second-order valence-electron chi connectivity index (χ2n) is 11.7. The van der Waals surface area contributed by atoms with Gasteiger partial charge in [-0.05, 0) is 97.3 Å². The third-order valence-corrected chi connectivity index (χ3v) is 9.22. The van der Waals surface area contributed by atoms with Gasteiger partial charge in [0.1, 0.15) is 0 Å². The average Bonchev–Trinajstić information content (AvgIpc) is 2.90. The third kappa shape index (κ3) is 7.22. The molecule has 0 unspecified atom stereocenters. The van der Waals surface area contributed by atoms with Crippen LogP contribution in [0.3, 0.4) is 0 Å². The molecule has 2 aromatic rings. The highest BCUT2D eigenvalue weighted by Crippen LogP contribution is 2.40. The first kappa shape index (κ1) is 25.5. The Kier molecular flexibility index (Phi) is 10.1. The highest BCUT2D eigenvalue weighted by molar-refractivity contribution is 5.64. The number of unbranched alkanes of at least 4 members (excludes halogenated alkanes) is 4. The van der Waals surface area contributed by atoms with E-state index >= 15 is 0 Å². The van der Waals surface area contributed by atoms with Crippen molar-refractivity contribution in [1.29, 1.82) is 0 Å². The molecule has 0 heterocycles. The summed E-state index contributed by atoms with van der Waals surface area (Å²) in [6.07, 6.45) is 22.7. The molecular weight excluding hydrogens is 408 g/mol. The lowest BCUT2D eigenvalue weighted by Crippen LogP contribution is -2.13. The summed E-state index contributed by atoms with van der Waals surface area (Å²) in [6.45, 7) is 4.63. The number of hydrogen-bond donors (Lipinski definition) is 0. The lowest BCUT2D eigenvalue weighted by Gasteiger charge is -2.29. The standard InChI is InChI=1S/C34H50/c1-3-5-7-9-27-11-15-29(16-12-27)31-19-23-33(24-20-31)34-25-21-32(22-26-34)30-17-13-28(14-18-30)10-8-6-4-2/h19-30H,3-18H2,1-2H3. The second-order valence-corrected chi connectivity index (χ2v) is 11.7. The van der Waals surface area contributed by atoms with Crippen LogP contribution in [-0.4, -0.2) is 0 Å². The van der Waals surface area contributed by atoms with Gasteiger partial charge in [-0.25, -0.2) is 0 Å². The molecule has 2 saturated carbocycles. The summed E-state index contributed by atoms with van der Waals surface area (Å²) in [5.74, 6) is 3.57. The van der Waals surface area contributed by atoms with Crippen molar-refractivity contribution in [3.63, 3.8) is 0 Å². The van der Waals surface area contributed by atoms with Gasteiger partial charge in [0.15, 0.2) is 0 Å². The Morgan fingerprint density at radius 3 is 1.15 bits per heavy atom. The zero-order valence-corrected chi connectivity index (χ0v) is 22.2. The molecule has 2 fully saturated rings. The zero-order valence-electron chi connectivity index (χ0n) is 22.2. The highest BCUT2D eigenvalue weighted by Gasteiger charge is 2.23. The van der Waals surface area contributed by atoms with Gasteiger partial charge in [0.2, 0.25) is 0 Å². The maximum absolute atomic E-state index is 2.42. The quantitative estimate of drug-likeness (QED) is 0.294. The molecule has 0 spiro atoms. The first-order valence-electron chi connectivity index (χ1n) is 15.0. The molecule has 0 bridgehead atoms. The van der Waals surface area contributed by atoms with Gasteiger partial charge in [0, 0.05) is 0 Å². The zero-order chi connectivity index (χ0) is 23.6. The van der Waals surface area contributed by atoms with Crippen LogP contribution in [0.4, 0.5) is 0 Å². The van der Waals surface area contributed by atoms with Crippen molar-refractivity contribution >= 4 is 0 Å². The van der Waals surface area contributed by atoms with Crippen molar-refractivity contribution in [2.24, 2.45) is 11.8 Å². The normalized spacial score (nSPS) is 25.4. The predicted octanol–water partition coefficient (Wildman–Crippen LogP) is 11.1. The van der Waals surface area contributed by atoms with E-state index in [4.69, 9.17) is 0 Å². The molecule has 2 aromatic carbocycles. The topological polar surface area (TPSA) is 0 Å². The van der Waals surface area contributed by atoms with Gasteiger partial charge in [-0.1, -0.05) is 114 Å². The van der Waals surface area contributed by atoms with Gasteiger partial charge in [-0.2, -0.15) is 0 Å². The summed E-state index contributed by atoms with van der Waals surface area (Å²) in [5.41, 5.74) is 5.90.